The zero-order valence-electron chi connectivity index (χ0n) is 20.5. The van der Waals surface area contributed by atoms with Crippen molar-refractivity contribution in [1.82, 2.24) is 14.8 Å². The number of aromatic nitrogens is 1. The second kappa shape index (κ2) is 9.51. The molecular formula is C30H31N3O2. The van der Waals surface area contributed by atoms with E-state index in [1.807, 2.05) is 81.8 Å². The summed E-state index contributed by atoms with van der Waals surface area (Å²) in [7, 11) is 4.10. The summed E-state index contributed by atoms with van der Waals surface area (Å²) in [6.45, 7) is 3.42. The quantitative estimate of drug-likeness (QED) is 0.419. The van der Waals surface area contributed by atoms with Crippen molar-refractivity contribution in [3.63, 3.8) is 0 Å². The summed E-state index contributed by atoms with van der Waals surface area (Å²) >= 11 is 0. The fourth-order valence-corrected chi connectivity index (χ4v) is 4.54. The van der Waals surface area contributed by atoms with Crippen LogP contribution in [0.4, 0.5) is 0 Å². The first kappa shape index (κ1) is 23.1. The number of amides is 1. The molecular weight excluding hydrogens is 434 g/mol. The first-order valence-corrected chi connectivity index (χ1v) is 12.2. The Hall–Kier alpha value is -3.70. The normalized spacial score (nSPS) is 13.4. The lowest BCUT2D eigenvalue weighted by atomic mass is 9.96. The molecule has 1 fully saturated rings. The van der Waals surface area contributed by atoms with Crippen LogP contribution in [-0.2, 0) is 13.1 Å². The number of carbonyl (C=O) groups is 1. The minimum Gasteiger partial charge on any atom is -0.349 e. The van der Waals surface area contributed by atoms with Crippen LogP contribution in [0.3, 0.4) is 0 Å². The molecule has 0 saturated heterocycles. The van der Waals surface area contributed by atoms with E-state index in [1.54, 1.807) is 4.57 Å². The molecule has 3 aromatic carbocycles. The maximum absolute atomic E-state index is 13.3. The average molecular weight is 466 g/mol. The molecule has 4 aromatic rings. The zero-order valence-corrected chi connectivity index (χ0v) is 20.5. The highest BCUT2D eigenvalue weighted by molar-refractivity contribution is 5.96. The van der Waals surface area contributed by atoms with Gasteiger partial charge in [0, 0.05) is 29.7 Å². The average Bonchev–Trinajstić information content (AvgIpc) is 3.66. The maximum Gasteiger partial charge on any atom is 0.258 e. The zero-order chi connectivity index (χ0) is 24.5. The lowest BCUT2D eigenvalue weighted by molar-refractivity contribution is 0.0951. The molecule has 178 valence electrons. The fourth-order valence-electron chi connectivity index (χ4n) is 4.54. The third kappa shape index (κ3) is 5.05. The third-order valence-electron chi connectivity index (χ3n) is 6.65. The molecule has 1 aromatic heterocycles. The Labute approximate surface area is 206 Å². The standard InChI is InChI=1S/C30H31N3O2/c1-20-8-9-23(29(34)31-26-11-12-26)17-28(20)21-10-13-27-22(16-21)14-15-33(30(27)35)19-25-7-5-4-6-24(25)18-32(2)3/h4-10,13-17,26H,11-12,18-19H2,1-3H3,(H,31,34). The highest BCUT2D eigenvalue weighted by Crippen LogP contribution is 2.28. The SMILES string of the molecule is Cc1ccc(C(=O)NC2CC2)cc1-c1ccc2c(=O)n(Cc3ccccc3CN(C)C)ccc2c1. The number of hydrogen-bond donors (Lipinski definition) is 1. The summed E-state index contributed by atoms with van der Waals surface area (Å²) in [6, 6.07) is 22.4. The van der Waals surface area contributed by atoms with Gasteiger partial charge >= 0.3 is 0 Å². The van der Waals surface area contributed by atoms with E-state index in [1.165, 1.54) is 5.56 Å². The van der Waals surface area contributed by atoms with E-state index in [2.05, 4.69) is 22.3 Å². The Bertz CT molecular complexity index is 1460. The van der Waals surface area contributed by atoms with Crippen molar-refractivity contribution < 1.29 is 4.79 Å². The van der Waals surface area contributed by atoms with Crippen LogP contribution < -0.4 is 10.9 Å². The maximum atomic E-state index is 13.3. The number of rotatable bonds is 7. The van der Waals surface area contributed by atoms with E-state index in [0.29, 0.717) is 23.5 Å². The Morgan fingerprint density at radius 3 is 2.51 bits per heavy atom. The Kier molecular flexibility index (Phi) is 6.27. The number of aryl methyl sites for hydroxylation is 1. The van der Waals surface area contributed by atoms with Gasteiger partial charge in [-0.3, -0.25) is 9.59 Å². The van der Waals surface area contributed by atoms with Gasteiger partial charge in [0.05, 0.1) is 6.54 Å². The first-order chi connectivity index (χ1) is 16.9. The smallest absolute Gasteiger partial charge is 0.258 e. The largest absolute Gasteiger partial charge is 0.349 e. The van der Waals surface area contributed by atoms with Crippen LogP contribution in [0, 0.1) is 6.92 Å². The lowest BCUT2D eigenvalue weighted by Crippen LogP contribution is -2.25. The molecule has 1 aliphatic rings. The van der Waals surface area contributed by atoms with E-state index >= 15 is 0 Å². The van der Waals surface area contributed by atoms with Crippen molar-refractivity contribution in [1.29, 1.82) is 0 Å². The Morgan fingerprint density at radius 1 is 1.00 bits per heavy atom. The van der Waals surface area contributed by atoms with Crippen molar-refractivity contribution in [2.45, 2.75) is 38.9 Å². The van der Waals surface area contributed by atoms with Gasteiger partial charge in [-0.1, -0.05) is 36.4 Å². The Morgan fingerprint density at radius 2 is 1.77 bits per heavy atom. The Balaban J connectivity index is 1.46. The van der Waals surface area contributed by atoms with Gasteiger partial charge in [0.2, 0.25) is 0 Å². The summed E-state index contributed by atoms with van der Waals surface area (Å²) in [5.74, 6) is -0.0213. The number of fused-ring (bicyclic) bond motifs is 1. The van der Waals surface area contributed by atoms with Crippen LogP contribution in [0.5, 0.6) is 0 Å². The molecule has 1 amide bonds. The number of carbonyl (C=O) groups excluding carboxylic acids is 1. The van der Waals surface area contributed by atoms with Gasteiger partial charge in [-0.15, -0.1) is 0 Å². The van der Waals surface area contributed by atoms with E-state index in [0.717, 1.165) is 47.0 Å². The lowest BCUT2D eigenvalue weighted by Gasteiger charge is -2.15. The minimum atomic E-state index is -0.0213. The number of hydrogen-bond acceptors (Lipinski definition) is 3. The van der Waals surface area contributed by atoms with E-state index in [4.69, 9.17) is 0 Å². The predicted octanol–water partition coefficient (Wildman–Crippen LogP) is 4.98. The van der Waals surface area contributed by atoms with Gasteiger partial charge in [-0.2, -0.15) is 0 Å². The van der Waals surface area contributed by atoms with Crippen molar-refractivity contribution in [3.8, 4) is 11.1 Å². The summed E-state index contributed by atoms with van der Waals surface area (Å²) < 4.78 is 1.78. The number of nitrogens with one attached hydrogen (secondary N) is 1. The third-order valence-corrected chi connectivity index (χ3v) is 6.65. The van der Waals surface area contributed by atoms with Crippen LogP contribution in [0.2, 0.25) is 0 Å². The highest BCUT2D eigenvalue weighted by Gasteiger charge is 2.24. The molecule has 1 saturated carbocycles. The monoisotopic (exact) mass is 465 g/mol. The molecule has 1 heterocycles. The molecule has 0 aliphatic heterocycles. The molecule has 35 heavy (non-hydrogen) atoms. The summed E-state index contributed by atoms with van der Waals surface area (Å²) in [5, 5.41) is 4.66. The van der Waals surface area contributed by atoms with Crippen LogP contribution in [0.1, 0.15) is 39.9 Å². The van der Waals surface area contributed by atoms with Gasteiger partial charge < -0.3 is 14.8 Å². The molecule has 5 rings (SSSR count). The van der Waals surface area contributed by atoms with Crippen molar-refractivity contribution in [2.24, 2.45) is 0 Å². The van der Waals surface area contributed by atoms with Crippen molar-refractivity contribution >= 4 is 16.7 Å². The van der Waals surface area contributed by atoms with Crippen LogP contribution >= 0.6 is 0 Å². The van der Waals surface area contributed by atoms with Crippen LogP contribution in [0.25, 0.3) is 21.9 Å². The topological polar surface area (TPSA) is 54.3 Å². The first-order valence-electron chi connectivity index (χ1n) is 12.2. The van der Waals surface area contributed by atoms with E-state index in [9.17, 15) is 9.59 Å². The molecule has 5 nitrogen and oxygen atoms in total. The molecule has 1 aliphatic carbocycles. The van der Waals surface area contributed by atoms with Crippen LogP contribution in [0.15, 0.2) is 77.7 Å². The number of nitrogens with zero attached hydrogens (tertiary/aromatic N) is 2. The molecule has 0 bridgehead atoms. The van der Waals surface area contributed by atoms with Gasteiger partial charge in [0.1, 0.15) is 0 Å². The van der Waals surface area contributed by atoms with Gasteiger partial charge in [-0.05, 0) is 97.4 Å². The van der Waals surface area contributed by atoms with Gasteiger partial charge in [0.25, 0.3) is 11.5 Å². The second-order valence-electron chi connectivity index (χ2n) is 9.83. The summed E-state index contributed by atoms with van der Waals surface area (Å²) in [4.78, 5) is 28.0. The molecule has 5 heteroatoms. The molecule has 0 atom stereocenters. The fraction of sp³-hybridized carbons (Fsp3) is 0.267. The van der Waals surface area contributed by atoms with Crippen LogP contribution in [-0.4, -0.2) is 35.5 Å². The predicted molar refractivity (Wildman–Crippen MR) is 142 cm³/mol. The number of pyridine rings is 1. The van der Waals surface area contributed by atoms with Crippen molar-refractivity contribution in [3.05, 3.63) is 106 Å². The van der Waals surface area contributed by atoms with Crippen molar-refractivity contribution in [2.75, 3.05) is 14.1 Å². The summed E-state index contributed by atoms with van der Waals surface area (Å²) in [6.07, 6.45) is 4.01. The van der Waals surface area contributed by atoms with E-state index < -0.39 is 0 Å². The molecule has 0 spiro atoms. The molecule has 0 radical (unpaired) electrons. The van der Waals surface area contributed by atoms with E-state index in [-0.39, 0.29) is 11.5 Å². The minimum absolute atomic E-state index is 0.00277. The van der Waals surface area contributed by atoms with Gasteiger partial charge in [-0.25, -0.2) is 0 Å². The molecule has 0 unspecified atom stereocenters. The highest BCUT2D eigenvalue weighted by atomic mass is 16.1. The second-order valence-corrected chi connectivity index (χ2v) is 9.83. The summed E-state index contributed by atoms with van der Waals surface area (Å²) in [5.41, 5.74) is 6.16. The van der Waals surface area contributed by atoms with Gasteiger partial charge in [0.15, 0.2) is 0 Å². The molecule has 1 N–H and O–H groups in total. The number of benzene rings is 3.